The molecular formula is C23H23N5O2. The standard InChI is InChI=1S/C23H23N5O2/c1-16-9-21(7-8-24-16)28-22-14-25-20(10-18(22)13-27-28)11-23(30)26-12-19(15-29)17-5-3-2-4-6-17/h2-10,13-14,19,29H,11-12,15H2,1H3,(H,26,30). The van der Waals surface area contributed by atoms with Crippen LogP contribution in [0.25, 0.3) is 16.6 Å². The van der Waals surface area contributed by atoms with Gasteiger partial charge >= 0.3 is 0 Å². The lowest BCUT2D eigenvalue weighted by molar-refractivity contribution is -0.120. The Morgan fingerprint density at radius 1 is 1.13 bits per heavy atom. The number of benzene rings is 1. The zero-order valence-corrected chi connectivity index (χ0v) is 16.7. The molecule has 3 heterocycles. The highest BCUT2D eigenvalue weighted by molar-refractivity contribution is 5.82. The molecule has 1 unspecified atom stereocenters. The SMILES string of the molecule is Cc1cc(-n2ncc3cc(CC(=O)NCC(CO)c4ccccc4)ncc32)ccn1. The van der Waals surface area contributed by atoms with Crippen LogP contribution in [0.4, 0.5) is 0 Å². The first-order valence-electron chi connectivity index (χ1n) is 9.82. The third kappa shape index (κ3) is 4.36. The second kappa shape index (κ2) is 8.84. The summed E-state index contributed by atoms with van der Waals surface area (Å²) in [5, 5.41) is 17.9. The number of aromatic nitrogens is 4. The summed E-state index contributed by atoms with van der Waals surface area (Å²) in [5.41, 5.74) is 4.37. The minimum absolute atomic E-state index is 0.0256. The number of rotatable bonds is 7. The van der Waals surface area contributed by atoms with Gasteiger partial charge in [0.1, 0.15) is 0 Å². The number of amides is 1. The van der Waals surface area contributed by atoms with Gasteiger partial charge in [0.2, 0.25) is 5.91 Å². The third-order valence-electron chi connectivity index (χ3n) is 5.01. The number of carbonyl (C=O) groups excluding carboxylic acids is 1. The molecular weight excluding hydrogens is 378 g/mol. The predicted octanol–water partition coefficient (Wildman–Crippen LogP) is 2.56. The quantitative estimate of drug-likeness (QED) is 0.496. The fraction of sp³-hybridized carbons (Fsp3) is 0.217. The molecule has 1 aromatic carbocycles. The smallest absolute Gasteiger partial charge is 0.226 e. The summed E-state index contributed by atoms with van der Waals surface area (Å²) in [5.74, 6) is -0.263. The lowest BCUT2D eigenvalue weighted by Gasteiger charge is -2.15. The predicted molar refractivity (Wildman–Crippen MR) is 114 cm³/mol. The number of aryl methyl sites for hydroxylation is 1. The molecule has 0 bridgehead atoms. The van der Waals surface area contributed by atoms with Crippen LogP contribution >= 0.6 is 0 Å². The Labute approximate surface area is 174 Å². The highest BCUT2D eigenvalue weighted by atomic mass is 16.3. The van der Waals surface area contributed by atoms with E-state index in [0.29, 0.717) is 12.2 Å². The zero-order chi connectivity index (χ0) is 20.9. The van der Waals surface area contributed by atoms with Crippen molar-refractivity contribution in [2.24, 2.45) is 0 Å². The van der Waals surface area contributed by atoms with Crippen LogP contribution in [-0.2, 0) is 11.2 Å². The van der Waals surface area contributed by atoms with Gasteiger partial charge in [-0.3, -0.25) is 14.8 Å². The largest absolute Gasteiger partial charge is 0.396 e. The van der Waals surface area contributed by atoms with E-state index in [4.69, 9.17) is 0 Å². The molecule has 2 N–H and O–H groups in total. The van der Waals surface area contributed by atoms with Gasteiger partial charge in [-0.15, -0.1) is 0 Å². The normalized spacial score (nSPS) is 12.1. The first kappa shape index (κ1) is 19.7. The van der Waals surface area contributed by atoms with Crippen LogP contribution in [-0.4, -0.2) is 43.9 Å². The molecule has 3 aromatic heterocycles. The minimum Gasteiger partial charge on any atom is -0.396 e. The lowest BCUT2D eigenvalue weighted by Crippen LogP contribution is -2.31. The molecule has 0 aliphatic heterocycles. The number of nitrogens with one attached hydrogen (secondary N) is 1. The van der Waals surface area contributed by atoms with Gasteiger partial charge < -0.3 is 10.4 Å². The fourth-order valence-corrected chi connectivity index (χ4v) is 3.41. The van der Waals surface area contributed by atoms with Crippen molar-refractivity contribution in [3.05, 3.63) is 84.1 Å². The Morgan fingerprint density at radius 2 is 1.97 bits per heavy atom. The lowest BCUT2D eigenvalue weighted by atomic mass is 10.00. The van der Waals surface area contributed by atoms with E-state index in [2.05, 4.69) is 20.4 Å². The summed E-state index contributed by atoms with van der Waals surface area (Å²) >= 11 is 0. The summed E-state index contributed by atoms with van der Waals surface area (Å²) in [7, 11) is 0. The molecule has 1 atom stereocenters. The molecule has 7 nitrogen and oxygen atoms in total. The zero-order valence-electron chi connectivity index (χ0n) is 16.7. The van der Waals surface area contributed by atoms with Gasteiger partial charge in [0.15, 0.2) is 0 Å². The third-order valence-corrected chi connectivity index (χ3v) is 5.01. The molecule has 4 rings (SSSR count). The van der Waals surface area contributed by atoms with Gasteiger partial charge in [-0.1, -0.05) is 30.3 Å². The van der Waals surface area contributed by atoms with Crippen molar-refractivity contribution >= 4 is 16.8 Å². The van der Waals surface area contributed by atoms with E-state index in [1.807, 2.05) is 60.1 Å². The molecule has 0 aliphatic carbocycles. The van der Waals surface area contributed by atoms with Crippen LogP contribution in [0, 0.1) is 6.92 Å². The molecule has 152 valence electrons. The summed E-state index contributed by atoms with van der Waals surface area (Å²) < 4.78 is 1.81. The highest BCUT2D eigenvalue weighted by Crippen LogP contribution is 2.19. The molecule has 30 heavy (non-hydrogen) atoms. The van der Waals surface area contributed by atoms with Crippen LogP contribution in [0.1, 0.15) is 22.9 Å². The molecule has 1 amide bonds. The number of carbonyl (C=O) groups is 1. The van der Waals surface area contributed by atoms with E-state index in [1.54, 1.807) is 18.6 Å². The van der Waals surface area contributed by atoms with E-state index >= 15 is 0 Å². The molecule has 0 spiro atoms. The number of hydrogen-bond acceptors (Lipinski definition) is 5. The van der Waals surface area contributed by atoms with Crippen molar-refractivity contribution < 1.29 is 9.90 Å². The fourth-order valence-electron chi connectivity index (χ4n) is 3.41. The van der Waals surface area contributed by atoms with Crippen LogP contribution in [0.2, 0.25) is 0 Å². The van der Waals surface area contributed by atoms with Crippen LogP contribution in [0.5, 0.6) is 0 Å². The Hall–Kier alpha value is -3.58. The Morgan fingerprint density at radius 3 is 2.73 bits per heavy atom. The number of pyridine rings is 2. The second-order valence-electron chi connectivity index (χ2n) is 7.22. The average molecular weight is 401 g/mol. The maximum absolute atomic E-state index is 12.4. The van der Waals surface area contributed by atoms with E-state index < -0.39 is 0 Å². The van der Waals surface area contributed by atoms with Gasteiger partial charge in [0.05, 0.1) is 42.3 Å². The Bertz CT molecular complexity index is 1160. The Kier molecular flexibility index (Phi) is 5.81. The van der Waals surface area contributed by atoms with Crippen molar-refractivity contribution in [3.63, 3.8) is 0 Å². The second-order valence-corrected chi connectivity index (χ2v) is 7.22. The molecule has 7 heteroatoms. The summed E-state index contributed by atoms with van der Waals surface area (Å²) in [6.07, 6.45) is 5.43. The maximum atomic E-state index is 12.4. The van der Waals surface area contributed by atoms with Gasteiger partial charge in [-0.05, 0) is 30.7 Å². The highest BCUT2D eigenvalue weighted by Gasteiger charge is 2.13. The van der Waals surface area contributed by atoms with Gasteiger partial charge in [0.25, 0.3) is 0 Å². The van der Waals surface area contributed by atoms with E-state index in [-0.39, 0.29) is 24.9 Å². The summed E-state index contributed by atoms with van der Waals surface area (Å²) in [6, 6.07) is 15.4. The molecule has 0 aliphatic rings. The van der Waals surface area contributed by atoms with Crippen LogP contribution in [0.3, 0.4) is 0 Å². The molecule has 0 saturated carbocycles. The van der Waals surface area contributed by atoms with Crippen LogP contribution < -0.4 is 5.32 Å². The average Bonchev–Trinajstić information content (AvgIpc) is 3.18. The number of nitrogens with zero attached hydrogens (tertiary/aromatic N) is 4. The molecule has 0 radical (unpaired) electrons. The van der Waals surface area contributed by atoms with Crippen molar-refractivity contribution in [2.75, 3.05) is 13.2 Å². The molecule has 0 saturated heterocycles. The van der Waals surface area contributed by atoms with Crippen molar-refractivity contribution in [1.29, 1.82) is 0 Å². The van der Waals surface area contributed by atoms with Crippen molar-refractivity contribution in [2.45, 2.75) is 19.3 Å². The van der Waals surface area contributed by atoms with E-state index in [1.165, 1.54) is 0 Å². The molecule has 4 aromatic rings. The number of hydrogen-bond donors (Lipinski definition) is 2. The van der Waals surface area contributed by atoms with Gasteiger partial charge in [-0.25, -0.2) is 4.68 Å². The first-order valence-corrected chi connectivity index (χ1v) is 9.82. The first-order chi connectivity index (χ1) is 14.6. The summed E-state index contributed by atoms with van der Waals surface area (Å²) in [4.78, 5) is 21.1. The van der Waals surface area contributed by atoms with Crippen molar-refractivity contribution in [3.8, 4) is 5.69 Å². The Balaban J connectivity index is 1.43. The van der Waals surface area contributed by atoms with Crippen molar-refractivity contribution in [1.82, 2.24) is 25.1 Å². The van der Waals surface area contributed by atoms with E-state index in [0.717, 1.165) is 27.8 Å². The molecule has 0 fully saturated rings. The monoisotopic (exact) mass is 401 g/mol. The maximum Gasteiger partial charge on any atom is 0.226 e. The van der Waals surface area contributed by atoms with Gasteiger partial charge in [-0.2, -0.15) is 5.10 Å². The minimum atomic E-state index is -0.132. The number of aliphatic hydroxyl groups excluding tert-OH is 1. The number of fused-ring (bicyclic) bond motifs is 1. The van der Waals surface area contributed by atoms with Gasteiger partial charge in [0, 0.05) is 29.7 Å². The summed E-state index contributed by atoms with van der Waals surface area (Å²) in [6.45, 7) is 2.28. The van der Waals surface area contributed by atoms with E-state index in [9.17, 15) is 9.90 Å². The number of aliphatic hydroxyl groups is 1. The topological polar surface area (TPSA) is 92.9 Å². The van der Waals surface area contributed by atoms with Crippen LogP contribution in [0.15, 0.2) is 67.1 Å².